The van der Waals surface area contributed by atoms with Crippen molar-refractivity contribution in [2.45, 2.75) is 57.5 Å². The van der Waals surface area contributed by atoms with Gasteiger partial charge in [0.25, 0.3) is 0 Å². The summed E-state index contributed by atoms with van der Waals surface area (Å²) in [5.74, 6) is 0.440. The second-order valence-electron chi connectivity index (χ2n) is 7.17. The number of nitrogens with two attached hydrogens (primary N) is 1. The summed E-state index contributed by atoms with van der Waals surface area (Å²) in [7, 11) is 0. The molecule has 0 aromatic carbocycles. The molecule has 0 spiro atoms. The van der Waals surface area contributed by atoms with E-state index < -0.39 is 5.41 Å². The minimum absolute atomic E-state index is 0.210. The molecule has 3 aliphatic heterocycles. The standard InChI is InChI=1S/C15H25N3O2/c1-15(14(16)20)4-5-18(9-15)13(19)8-10-6-11-2-3-12(7-10)17-11/h10-12,17H,2-9H2,1H3,(H2,16,20). The summed E-state index contributed by atoms with van der Waals surface area (Å²) in [6.07, 6.45) is 6.12. The van der Waals surface area contributed by atoms with Gasteiger partial charge < -0.3 is 16.0 Å². The number of carbonyl (C=O) groups excluding carboxylic acids is 2. The highest BCUT2D eigenvalue weighted by Gasteiger charge is 2.41. The van der Waals surface area contributed by atoms with Crippen molar-refractivity contribution in [2.75, 3.05) is 13.1 Å². The summed E-state index contributed by atoms with van der Waals surface area (Å²) >= 11 is 0. The van der Waals surface area contributed by atoms with Crippen molar-refractivity contribution in [3.05, 3.63) is 0 Å². The number of piperidine rings is 1. The molecule has 2 bridgehead atoms. The molecule has 3 saturated heterocycles. The molecule has 0 aromatic rings. The molecule has 3 atom stereocenters. The Morgan fingerprint density at radius 2 is 1.95 bits per heavy atom. The fraction of sp³-hybridized carbons (Fsp3) is 0.867. The van der Waals surface area contributed by atoms with Crippen LogP contribution in [0.2, 0.25) is 0 Å². The van der Waals surface area contributed by atoms with E-state index in [1.54, 1.807) is 0 Å². The van der Waals surface area contributed by atoms with E-state index in [1.165, 1.54) is 12.8 Å². The molecule has 112 valence electrons. The van der Waals surface area contributed by atoms with Crippen LogP contribution in [0.25, 0.3) is 0 Å². The van der Waals surface area contributed by atoms with Crippen LogP contribution in [-0.2, 0) is 9.59 Å². The molecule has 0 aliphatic carbocycles. The molecular formula is C15H25N3O2. The zero-order chi connectivity index (χ0) is 14.3. The largest absolute Gasteiger partial charge is 0.369 e. The van der Waals surface area contributed by atoms with Crippen LogP contribution in [0.15, 0.2) is 0 Å². The topological polar surface area (TPSA) is 75.4 Å². The van der Waals surface area contributed by atoms with Gasteiger partial charge in [-0.25, -0.2) is 0 Å². The van der Waals surface area contributed by atoms with Crippen molar-refractivity contribution in [2.24, 2.45) is 17.1 Å². The zero-order valence-electron chi connectivity index (χ0n) is 12.2. The SMILES string of the molecule is CC1(C(N)=O)CCN(C(=O)CC2CC3CCC(C2)N3)C1. The molecule has 2 amide bonds. The second kappa shape index (κ2) is 5.02. The van der Waals surface area contributed by atoms with Crippen LogP contribution >= 0.6 is 0 Å². The predicted octanol–water partition coefficient (Wildman–Crippen LogP) is 0.631. The molecule has 0 aromatic heterocycles. The van der Waals surface area contributed by atoms with Crippen molar-refractivity contribution >= 4 is 11.8 Å². The maximum Gasteiger partial charge on any atom is 0.225 e. The number of carbonyl (C=O) groups is 2. The third kappa shape index (κ3) is 2.55. The van der Waals surface area contributed by atoms with E-state index in [9.17, 15) is 9.59 Å². The lowest BCUT2D eigenvalue weighted by atomic mass is 9.88. The summed E-state index contributed by atoms with van der Waals surface area (Å²) in [5.41, 5.74) is 4.91. The van der Waals surface area contributed by atoms with Crippen LogP contribution in [0.3, 0.4) is 0 Å². The number of likely N-dealkylation sites (tertiary alicyclic amines) is 1. The van der Waals surface area contributed by atoms with Gasteiger partial charge in [0.05, 0.1) is 5.41 Å². The number of primary amides is 1. The number of nitrogens with zero attached hydrogens (tertiary/aromatic N) is 1. The Labute approximate surface area is 120 Å². The fourth-order valence-corrected chi connectivity index (χ4v) is 4.09. The minimum atomic E-state index is -0.525. The van der Waals surface area contributed by atoms with Crippen LogP contribution < -0.4 is 11.1 Å². The lowest BCUT2D eigenvalue weighted by Gasteiger charge is -2.30. The molecule has 3 N–H and O–H groups in total. The summed E-state index contributed by atoms with van der Waals surface area (Å²) in [4.78, 5) is 25.7. The van der Waals surface area contributed by atoms with Gasteiger partial charge in [0.15, 0.2) is 0 Å². The smallest absolute Gasteiger partial charge is 0.225 e. The van der Waals surface area contributed by atoms with E-state index in [1.807, 2.05) is 11.8 Å². The van der Waals surface area contributed by atoms with Crippen LogP contribution in [0.1, 0.15) is 45.4 Å². The third-order valence-electron chi connectivity index (χ3n) is 5.45. The van der Waals surface area contributed by atoms with E-state index in [0.29, 0.717) is 43.9 Å². The Balaban J connectivity index is 1.54. The maximum atomic E-state index is 12.4. The van der Waals surface area contributed by atoms with Crippen molar-refractivity contribution in [1.29, 1.82) is 0 Å². The van der Waals surface area contributed by atoms with Crippen molar-refractivity contribution in [1.82, 2.24) is 10.2 Å². The average Bonchev–Trinajstić information content (AvgIpc) is 2.94. The Morgan fingerprint density at radius 3 is 2.50 bits per heavy atom. The zero-order valence-corrected chi connectivity index (χ0v) is 12.2. The highest BCUT2D eigenvalue weighted by Crippen LogP contribution is 2.34. The molecule has 3 heterocycles. The molecule has 0 saturated carbocycles. The van der Waals surface area contributed by atoms with Crippen molar-refractivity contribution in [3.63, 3.8) is 0 Å². The van der Waals surface area contributed by atoms with Gasteiger partial charge in [0.1, 0.15) is 0 Å². The molecule has 3 fully saturated rings. The molecule has 3 rings (SSSR count). The lowest BCUT2D eigenvalue weighted by Crippen LogP contribution is -2.41. The molecule has 3 aliphatic rings. The van der Waals surface area contributed by atoms with E-state index >= 15 is 0 Å². The molecule has 20 heavy (non-hydrogen) atoms. The van der Waals surface area contributed by atoms with Crippen LogP contribution in [0, 0.1) is 11.3 Å². The Hall–Kier alpha value is -1.10. The first-order valence-corrected chi connectivity index (χ1v) is 7.80. The van der Waals surface area contributed by atoms with E-state index in [0.717, 1.165) is 12.8 Å². The Morgan fingerprint density at radius 1 is 1.30 bits per heavy atom. The van der Waals surface area contributed by atoms with Gasteiger partial charge in [-0.1, -0.05) is 0 Å². The highest BCUT2D eigenvalue weighted by molar-refractivity contribution is 5.83. The van der Waals surface area contributed by atoms with Crippen molar-refractivity contribution in [3.8, 4) is 0 Å². The molecule has 3 unspecified atom stereocenters. The molecule has 5 heteroatoms. The number of amides is 2. The monoisotopic (exact) mass is 279 g/mol. The second-order valence-corrected chi connectivity index (χ2v) is 7.17. The van der Waals surface area contributed by atoms with Crippen molar-refractivity contribution < 1.29 is 9.59 Å². The van der Waals surface area contributed by atoms with E-state index in [4.69, 9.17) is 5.73 Å². The number of rotatable bonds is 3. The Bertz CT molecular complexity index is 413. The normalized spacial score (nSPS) is 40.0. The summed E-state index contributed by atoms with van der Waals surface area (Å²) in [6, 6.07) is 1.25. The quantitative estimate of drug-likeness (QED) is 0.795. The van der Waals surface area contributed by atoms with Gasteiger partial charge in [-0.15, -0.1) is 0 Å². The van der Waals surface area contributed by atoms with E-state index in [2.05, 4.69) is 5.32 Å². The summed E-state index contributed by atoms with van der Waals surface area (Å²) in [6.45, 7) is 3.04. The van der Waals surface area contributed by atoms with Gasteiger partial charge in [-0.05, 0) is 44.9 Å². The summed E-state index contributed by atoms with van der Waals surface area (Å²) < 4.78 is 0. The number of hydrogen-bond acceptors (Lipinski definition) is 3. The van der Waals surface area contributed by atoms with Crippen LogP contribution in [-0.4, -0.2) is 41.9 Å². The first-order chi connectivity index (χ1) is 9.46. The van der Waals surface area contributed by atoms with Gasteiger partial charge in [-0.3, -0.25) is 9.59 Å². The van der Waals surface area contributed by atoms with Gasteiger partial charge in [0.2, 0.25) is 11.8 Å². The third-order valence-corrected chi connectivity index (χ3v) is 5.45. The van der Waals surface area contributed by atoms with Gasteiger partial charge >= 0.3 is 0 Å². The van der Waals surface area contributed by atoms with Crippen LogP contribution in [0.4, 0.5) is 0 Å². The number of fused-ring (bicyclic) bond motifs is 2. The minimum Gasteiger partial charge on any atom is -0.369 e. The number of nitrogens with one attached hydrogen (secondary N) is 1. The lowest BCUT2D eigenvalue weighted by molar-refractivity contribution is -0.132. The molecule has 0 radical (unpaired) electrons. The average molecular weight is 279 g/mol. The highest BCUT2D eigenvalue weighted by atomic mass is 16.2. The fourth-order valence-electron chi connectivity index (χ4n) is 4.09. The maximum absolute atomic E-state index is 12.4. The van der Waals surface area contributed by atoms with Crippen LogP contribution in [0.5, 0.6) is 0 Å². The van der Waals surface area contributed by atoms with Gasteiger partial charge in [0, 0.05) is 31.6 Å². The first kappa shape index (κ1) is 13.9. The predicted molar refractivity (Wildman–Crippen MR) is 75.8 cm³/mol. The van der Waals surface area contributed by atoms with Gasteiger partial charge in [-0.2, -0.15) is 0 Å². The summed E-state index contributed by atoms with van der Waals surface area (Å²) in [5, 5.41) is 3.60. The van der Waals surface area contributed by atoms with E-state index in [-0.39, 0.29) is 11.8 Å². The first-order valence-electron chi connectivity index (χ1n) is 7.80. The number of hydrogen-bond donors (Lipinski definition) is 2. The molecular weight excluding hydrogens is 254 g/mol. The Kier molecular flexibility index (Phi) is 3.48. The molecule has 5 nitrogen and oxygen atoms in total.